The highest BCUT2D eigenvalue weighted by Gasteiger charge is 2.21. The number of aromatic nitrogens is 1. The Morgan fingerprint density at radius 1 is 1.36 bits per heavy atom. The Hall–Kier alpha value is -1.14. The highest BCUT2D eigenvalue weighted by atomic mass is 32.1. The first-order valence-electron chi connectivity index (χ1n) is 9.78. The predicted octanol–water partition coefficient (Wildman–Crippen LogP) is 3.20. The second kappa shape index (κ2) is 10.8. The molecule has 1 aliphatic heterocycles. The zero-order valence-electron chi connectivity index (χ0n) is 16.3. The van der Waals surface area contributed by atoms with Crippen LogP contribution in [0.2, 0.25) is 0 Å². The Morgan fingerprint density at radius 2 is 2.12 bits per heavy atom. The lowest BCUT2D eigenvalue weighted by atomic mass is 10.0. The summed E-state index contributed by atoms with van der Waals surface area (Å²) < 4.78 is 0. The molecule has 2 heterocycles. The fraction of sp³-hybridized carbons (Fsp3) is 0.789. The molecule has 0 spiro atoms. The summed E-state index contributed by atoms with van der Waals surface area (Å²) in [4.78, 5) is 11.8. The maximum Gasteiger partial charge on any atom is 0.191 e. The van der Waals surface area contributed by atoms with Crippen LogP contribution in [-0.4, -0.2) is 54.1 Å². The number of piperidine rings is 1. The van der Waals surface area contributed by atoms with E-state index < -0.39 is 0 Å². The number of nitrogens with zero attached hydrogens (tertiary/aromatic N) is 3. The Labute approximate surface area is 157 Å². The average molecular weight is 366 g/mol. The molecule has 1 aliphatic rings. The van der Waals surface area contributed by atoms with E-state index in [0.717, 1.165) is 44.0 Å². The molecule has 2 N–H and O–H groups in total. The molecule has 0 radical (unpaired) electrons. The van der Waals surface area contributed by atoms with Crippen LogP contribution in [0, 0.1) is 6.92 Å². The van der Waals surface area contributed by atoms with E-state index in [1.165, 1.54) is 30.9 Å². The number of unbranched alkanes of at least 4 members (excludes halogenated alkanes) is 1. The van der Waals surface area contributed by atoms with Crippen LogP contribution in [0.25, 0.3) is 0 Å². The molecule has 0 aliphatic carbocycles. The molecule has 1 aromatic rings. The lowest BCUT2D eigenvalue weighted by Crippen LogP contribution is -2.49. The van der Waals surface area contributed by atoms with Gasteiger partial charge in [-0.05, 0) is 59.8 Å². The molecule has 5 nitrogen and oxygen atoms in total. The topological polar surface area (TPSA) is 52.6 Å². The summed E-state index contributed by atoms with van der Waals surface area (Å²) in [6.07, 6.45) is 5.74. The number of hydrogen-bond acceptors (Lipinski definition) is 4. The summed E-state index contributed by atoms with van der Waals surface area (Å²) in [7, 11) is 0. The SMILES string of the molecule is CCNC(=NCCCCc1nc(C)cs1)NC1CCN(C(C)C)CC1. The largest absolute Gasteiger partial charge is 0.357 e. The number of nitrogens with one attached hydrogen (secondary N) is 2. The molecule has 0 saturated carbocycles. The highest BCUT2D eigenvalue weighted by molar-refractivity contribution is 7.09. The second-order valence-electron chi connectivity index (χ2n) is 7.15. The summed E-state index contributed by atoms with van der Waals surface area (Å²) >= 11 is 1.77. The third-order valence-electron chi connectivity index (χ3n) is 4.68. The van der Waals surface area contributed by atoms with Gasteiger partial charge in [0.2, 0.25) is 0 Å². The van der Waals surface area contributed by atoms with Crippen LogP contribution in [0.1, 0.15) is 57.2 Å². The lowest BCUT2D eigenvalue weighted by Gasteiger charge is -2.35. The third kappa shape index (κ3) is 7.32. The predicted molar refractivity (Wildman–Crippen MR) is 109 cm³/mol. The number of rotatable bonds is 8. The van der Waals surface area contributed by atoms with E-state index >= 15 is 0 Å². The van der Waals surface area contributed by atoms with Crippen molar-refractivity contribution in [1.29, 1.82) is 0 Å². The maximum atomic E-state index is 4.76. The van der Waals surface area contributed by atoms with Crippen molar-refractivity contribution in [3.63, 3.8) is 0 Å². The van der Waals surface area contributed by atoms with Gasteiger partial charge in [0.15, 0.2) is 5.96 Å². The van der Waals surface area contributed by atoms with E-state index in [9.17, 15) is 0 Å². The molecule has 0 amide bonds. The van der Waals surface area contributed by atoms with Crippen molar-refractivity contribution in [3.8, 4) is 0 Å². The molecular formula is C19H35N5S. The van der Waals surface area contributed by atoms with Gasteiger partial charge >= 0.3 is 0 Å². The molecule has 25 heavy (non-hydrogen) atoms. The molecule has 2 rings (SSSR count). The third-order valence-corrected chi connectivity index (χ3v) is 5.71. The summed E-state index contributed by atoms with van der Waals surface area (Å²) in [5.74, 6) is 0.982. The quantitative estimate of drug-likeness (QED) is 0.422. The van der Waals surface area contributed by atoms with E-state index in [1.54, 1.807) is 11.3 Å². The van der Waals surface area contributed by atoms with E-state index in [1.807, 2.05) is 0 Å². The summed E-state index contributed by atoms with van der Waals surface area (Å²) in [5.41, 5.74) is 1.14. The fourth-order valence-corrected chi connectivity index (χ4v) is 3.99. The lowest BCUT2D eigenvalue weighted by molar-refractivity contribution is 0.167. The van der Waals surface area contributed by atoms with Crippen LogP contribution < -0.4 is 10.6 Å². The number of aryl methyl sites for hydroxylation is 2. The normalized spacial score (nSPS) is 17.2. The molecule has 1 saturated heterocycles. The Balaban J connectivity index is 1.69. The number of likely N-dealkylation sites (tertiary alicyclic amines) is 1. The average Bonchev–Trinajstić information content (AvgIpc) is 3.00. The molecule has 0 bridgehead atoms. The molecular weight excluding hydrogens is 330 g/mol. The highest BCUT2D eigenvalue weighted by Crippen LogP contribution is 2.13. The Kier molecular flexibility index (Phi) is 8.68. The molecule has 0 unspecified atom stereocenters. The monoisotopic (exact) mass is 365 g/mol. The van der Waals surface area contributed by atoms with E-state index in [-0.39, 0.29) is 0 Å². The number of guanidine groups is 1. The van der Waals surface area contributed by atoms with Crippen molar-refractivity contribution in [2.45, 2.75) is 71.9 Å². The minimum absolute atomic E-state index is 0.547. The van der Waals surface area contributed by atoms with Gasteiger partial charge in [-0.2, -0.15) is 0 Å². The smallest absolute Gasteiger partial charge is 0.191 e. The molecule has 6 heteroatoms. The number of aliphatic imine (C=N–C) groups is 1. The molecule has 1 fully saturated rings. The minimum atomic E-state index is 0.547. The minimum Gasteiger partial charge on any atom is -0.357 e. The fourth-order valence-electron chi connectivity index (χ4n) is 3.17. The molecule has 0 aromatic carbocycles. The van der Waals surface area contributed by atoms with Gasteiger partial charge in [0, 0.05) is 49.3 Å². The van der Waals surface area contributed by atoms with Crippen LogP contribution in [0.5, 0.6) is 0 Å². The van der Waals surface area contributed by atoms with Gasteiger partial charge in [0.05, 0.1) is 5.01 Å². The number of thiazole rings is 1. The van der Waals surface area contributed by atoms with Gasteiger partial charge in [-0.15, -0.1) is 11.3 Å². The second-order valence-corrected chi connectivity index (χ2v) is 8.09. The van der Waals surface area contributed by atoms with Crippen molar-refractivity contribution in [3.05, 3.63) is 16.1 Å². The van der Waals surface area contributed by atoms with Crippen molar-refractivity contribution in [2.75, 3.05) is 26.2 Å². The van der Waals surface area contributed by atoms with Crippen molar-refractivity contribution < 1.29 is 0 Å². The summed E-state index contributed by atoms with van der Waals surface area (Å²) in [6, 6.07) is 1.20. The van der Waals surface area contributed by atoms with Crippen LogP contribution in [-0.2, 0) is 6.42 Å². The van der Waals surface area contributed by atoms with Gasteiger partial charge in [-0.1, -0.05) is 0 Å². The van der Waals surface area contributed by atoms with Crippen LogP contribution >= 0.6 is 11.3 Å². The van der Waals surface area contributed by atoms with Gasteiger partial charge < -0.3 is 15.5 Å². The van der Waals surface area contributed by atoms with E-state index in [0.29, 0.717) is 12.1 Å². The Morgan fingerprint density at radius 3 is 2.72 bits per heavy atom. The van der Waals surface area contributed by atoms with Gasteiger partial charge in [-0.3, -0.25) is 4.99 Å². The van der Waals surface area contributed by atoms with Crippen molar-refractivity contribution in [2.24, 2.45) is 4.99 Å². The first kappa shape index (κ1) is 20.2. The van der Waals surface area contributed by atoms with Crippen LogP contribution in [0.4, 0.5) is 0 Å². The first-order chi connectivity index (χ1) is 12.1. The first-order valence-corrected chi connectivity index (χ1v) is 10.7. The van der Waals surface area contributed by atoms with Gasteiger partial charge in [0.1, 0.15) is 0 Å². The maximum absolute atomic E-state index is 4.76. The molecule has 0 atom stereocenters. The molecule has 142 valence electrons. The van der Waals surface area contributed by atoms with E-state index in [4.69, 9.17) is 4.99 Å². The Bertz CT molecular complexity index is 518. The van der Waals surface area contributed by atoms with Crippen LogP contribution in [0.3, 0.4) is 0 Å². The van der Waals surface area contributed by atoms with Crippen LogP contribution in [0.15, 0.2) is 10.4 Å². The summed E-state index contributed by atoms with van der Waals surface area (Å²) in [5, 5.41) is 10.4. The number of hydrogen-bond donors (Lipinski definition) is 2. The van der Waals surface area contributed by atoms with Gasteiger partial charge in [0.25, 0.3) is 0 Å². The van der Waals surface area contributed by atoms with E-state index in [2.05, 4.69) is 53.6 Å². The van der Waals surface area contributed by atoms with Gasteiger partial charge in [-0.25, -0.2) is 4.98 Å². The van der Waals surface area contributed by atoms with Crippen molar-refractivity contribution >= 4 is 17.3 Å². The zero-order valence-corrected chi connectivity index (χ0v) is 17.2. The summed E-state index contributed by atoms with van der Waals surface area (Å²) in [6.45, 7) is 12.9. The zero-order chi connectivity index (χ0) is 18.1. The van der Waals surface area contributed by atoms with Crippen molar-refractivity contribution in [1.82, 2.24) is 20.5 Å². The standard InChI is InChI=1S/C19H35N5S/c1-5-20-19(23-17-9-12-24(13-10-17)15(2)3)21-11-7-6-8-18-22-16(4)14-25-18/h14-15,17H,5-13H2,1-4H3,(H2,20,21,23). The molecule has 1 aromatic heterocycles.